The van der Waals surface area contributed by atoms with Crippen molar-refractivity contribution in [3.05, 3.63) is 65.2 Å². The van der Waals surface area contributed by atoms with E-state index >= 15 is 0 Å². The molecule has 27 heavy (non-hydrogen) atoms. The monoisotopic (exact) mass is 407 g/mol. The Morgan fingerprint density at radius 1 is 1.19 bits per heavy atom. The molecule has 0 radical (unpaired) electrons. The Kier molecular flexibility index (Phi) is 6.55. The van der Waals surface area contributed by atoms with Crippen LogP contribution in [0.5, 0.6) is 5.88 Å². The highest BCUT2D eigenvalue weighted by Crippen LogP contribution is 2.31. The molecule has 3 aromatic rings. The molecule has 140 valence electrons. The second kappa shape index (κ2) is 8.66. The maximum Gasteiger partial charge on any atom is 0.238 e. The average Bonchev–Trinajstić information content (AvgIpc) is 3.18. The van der Waals surface area contributed by atoms with E-state index in [1.807, 2.05) is 12.1 Å². The Hall–Kier alpha value is -2.90. The number of aromatic hydroxyl groups is 1. The van der Waals surface area contributed by atoms with Gasteiger partial charge in [-0.1, -0.05) is 12.1 Å². The second-order valence-corrected chi connectivity index (χ2v) is 5.54. The van der Waals surface area contributed by atoms with Gasteiger partial charge in [-0.05, 0) is 35.9 Å². The number of nitrogens with zero attached hydrogens (tertiary/aromatic N) is 3. The van der Waals surface area contributed by atoms with Gasteiger partial charge in [-0.25, -0.2) is 14.4 Å². The van der Waals surface area contributed by atoms with E-state index in [9.17, 15) is 9.50 Å². The molecule has 0 spiro atoms. The zero-order chi connectivity index (χ0) is 17.2. The van der Waals surface area contributed by atoms with Crippen molar-refractivity contribution in [2.45, 2.75) is 6.54 Å². The fraction of sp³-hybridized carbons (Fsp3) is 0.0556. The fourth-order valence-corrected chi connectivity index (χ4v) is 2.59. The molecule has 9 heteroatoms. The molecule has 3 N–H and O–H groups in total. The number of benzene rings is 1. The summed E-state index contributed by atoms with van der Waals surface area (Å²) >= 11 is 0. The zero-order valence-electron chi connectivity index (χ0n) is 13.9. The van der Waals surface area contributed by atoms with E-state index in [1.54, 1.807) is 30.6 Å². The van der Waals surface area contributed by atoms with Crippen LogP contribution in [0.15, 0.2) is 47.6 Å². The molecule has 6 nitrogen and oxygen atoms in total. The van der Waals surface area contributed by atoms with Crippen molar-refractivity contribution in [3.63, 3.8) is 0 Å². The van der Waals surface area contributed by atoms with Gasteiger partial charge in [-0.15, -0.1) is 24.8 Å². The first-order chi connectivity index (χ1) is 12.2. The van der Waals surface area contributed by atoms with Crippen LogP contribution in [0.25, 0.3) is 11.6 Å². The quantitative estimate of drug-likeness (QED) is 0.599. The molecular weight excluding hydrogens is 392 g/mol. The molecule has 0 amide bonds. The van der Waals surface area contributed by atoms with E-state index in [0.717, 1.165) is 16.7 Å². The van der Waals surface area contributed by atoms with Crippen molar-refractivity contribution in [1.29, 1.82) is 0 Å². The predicted octanol–water partition coefficient (Wildman–Crippen LogP) is 4.36. The third kappa shape index (κ3) is 4.45. The number of hydrogen-bond donors (Lipinski definition) is 3. The topological polar surface area (TPSA) is 86.2 Å². The lowest BCUT2D eigenvalue weighted by atomic mass is 10.1. The lowest BCUT2D eigenvalue weighted by Gasteiger charge is -2.02. The predicted molar refractivity (Wildman–Crippen MR) is 109 cm³/mol. The summed E-state index contributed by atoms with van der Waals surface area (Å²) in [6.45, 7) is 0.384. The number of imidazole rings is 1. The van der Waals surface area contributed by atoms with Crippen molar-refractivity contribution in [2.24, 2.45) is 4.99 Å². The molecule has 0 atom stereocenters. The lowest BCUT2D eigenvalue weighted by Crippen LogP contribution is -2.01. The van der Waals surface area contributed by atoms with Gasteiger partial charge in [-0.3, -0.25) is 0 Å². The Morgan fingerprint density at radius 2 is 2.04 bits per heavy atom. The van der Waals surface area contributed by atoms with Gasteiger partial charge in [0.15, 0.2) is 5.82 Å². The van der Waals surface area contributed by atoms with Crippen LogP contribution >= 0.6 is 24.8 Å². The molecule has 0 unspecified atom stereocenters. The molecule has 0 bridgehead atoms. The van der Waals surface area contributed by atoms with Gasteiger partial charge >= 0.3 is 0 Å². The largest absolute Gasteiger partial charge is 0.492 e. The van der Waals surface area contributed by atoms with Gasteiger partial charge in [0.05, 0.1) is 0 Å². The fourth-order valence-electron chi connectivity index (χ4n) is 2.59. The Morgan fingerprint density at radius 3 is 2.85 bits per heavy atom. The highest BCUT2D eigenvalue weighted by molar-refractivity contribution is 6.20. The summed E-state index contributed by atoms with van der Waals surface area (Å²) in [6, 6.07) is 10.0. The summed E-state index contributed by atoms with van der Waals surface area (Å²) in [7, 11) is 0. The van der Waals surface area contributed by atoms with Crippen LogP contribution in [0.3, 0.4) is 0 Å². The first kappa shape index (κ1) is 20.4. The maximum atomic E-state index is 13.2. The number of nitrogens with one attached hydrogen (secondary N) is 2. The molecule has 1 aliphatic heterocycles. The molecule has 3 heterocycles. The highest BCUT2D eigenvalue weighted by Gasteiger charge is 2.14. The minimum atomic E-state index is -0.292. The first-order valence-corrected chi connectivity index (χ1v) is 7.67. The van der Waals surface area contributed by atoms with Crippen LogP contribution in [-0.2, 0) is 6.54 Å². The van der Waals surface area contributed by atoms with Crippen LogP contribution in [0, 0.1) is 5.82 Å². The smallest absolute Gasteiger partial charge is 0.238 e. The summed E-state index contributed by atoms with van der Waals surface area (Å²) in [5, 5.41) is 13.1. The average molecular weight is 408 g/mol. The van der Waals surface area contributed by atoms with E-state index in [0.29, 0.717) is 24.0 Å². The zero-order valence-corrected chi connectivity index (χ0v) is 15.5. The number of aromatic nitrogens is 3. The first-order valence-electron chi connectivity index (χ1n) is 7.67. The molecule has 1 aliphatic rings. The maximum absolute atomic E-state index is 13.2. The van der Waals surface area contributed by atoms with E-state index in [1.165, 1.54) is 12.1 Å². The number of rotatable bonds is 4. The Balaban J connectivity index is 0.00000131. The molecule has 0 saturated heterocycles. The molecule has 1 aromatic carbocycles. The van der Waals surface area contributed by atoms with Gasteiger partial charge in [0.25, 0.3) is 0 Å². The van der Waals surface area contributed by atoms with Crippen molar-refractivity contribution in [2.75, 3.05) is 5.32 Å². The summed E-state index contributed by atoms with van der Waals surface area (Å²) in [5.41, 5.74) is 2.96. The minimum Gasteiger partial charge on any atom is -0.492 e. The van der Waals surface area contributed by atoms with Crippen LogP contribution < -0.4 is 5.32 Å². The lowest BCUT2D eigenvalue weighted by molar-refractivity contribution is 0.455. The number of aliphatic imine (C=N–C) groups is 1. The minimum absolute atomic E-state index is 0. The molecule has 4 rings (SSSR count). The van der Waals surface area contributed by atoms with Crippen molar-refractivity contribution in [1.82, 2.24) is 15.0 Å². The summed E-state index contributed by atoms with van der Waals surface area (Å²) in [6.07, 6.45) is 5.13. The third-order valence-electron chi connectivity index (χ3n) is 3.78. The van der Waals surface area contributed by atoms with E-state index < -0.39 is 0 Å². The van der Waals surface area contributed by atoms with E-state index in [4.69, 9.17) is 0 Å². The number of anilines is 1. The summed E-state index contributed by atoms with van der Waals surface area (Å²) in [4.78, 5) is 15.4. The molecule has 0 aliphatic carbocycles. The summed E-state index contributed by atoms with van der Waals surface area (Å²) in [5.74, 6) is 0.631. The van der Waals surface area contributed by atoms with Gasteiger partial charge in [0.2, 0.25) is 11.8 Å². The summed E-state index contributed by atoms with van der Waals surface area (Å²) < 4.78 is 13.2. The van der Waals surface area contributed by atoms with Crippen LogP contribution in [0.1, 0.15) is 16.8 Å². The Labute approximate surface area is 167 Å². The van der Waals surface area contributed by atoms with Crippen molar-refractivity contribution in [3.8, 4) is 5.88 Å². The van der Waals surface area contributed by atoms with Gasteiger partial charge < -0.3 is 15.4 Å². The number of aromatic amines is 1. The number of allylic oxidation sites excluding steroid dienone is 1. The molecule has 0 saturated carbocycles. The second-order valence-electron chi connectivity index (χ2n) is 5.54. The number of H-pyrrole nitrogens is 1. The van der Waals surface area contributed by atoms with Crippen LogP contribution in [0.2, 0.25) is 0 Å². The number of pyridine rings is 1. The Bertz CT molecular complexity index is 1000. The van der Waals surface area contributed by atoms with Gasteiger partial charge in [0.1, 0.15) is 11.5 Å². The van der Waals surface area contributed by atoms with Gasteiger partial charge in [0, 0.05) is 30.1 Å². The van der Waals surface area contributed by atoms with Crippen LogP contribution in [-0.4, -0.2) is 26.3 Å². The SMILES string of the molecule is Cl.Cl.Oc1nc(NCc2cccc(F)c2)[nH]c1/C=C1\C=Nc2ncccc21. The standard InChI is InChI=1S/C18H14FN5O.2ClH/c19-13-4-1-3-11(7-13)9-22-18-23-15(17(25)24-18)8-12-10-21-16-14(12)5-2-6-20-16;;/h1-8,10,25H,9H2,(H2,22,23,24);2*1H/b12-8+;;. The molecule has 0 fully saturated rings. The third-order valence-corrected chi connectivity index (χ3v) is 3.78. The van der Waals surface area contributed by atoms with E-state index in [2.05, 4.69) is 25.3 Å². The normalized spacial score (nSPS) is 13.0. The number of halogens is 3. The van der Waals surface area contributed by atoms with Crippen molar-refractivity contribution < 1.29 is 9.50 Å². The highest BCUT2D eigenvalue weighted by atomic mass is 35.5. The van der Waals surface area contributed by atoms with Crippen LogP contribution in [0.4, 0.5) is 16.2 Å². The van der Waals surface area contributed by atoms with E-state index in [-0.39, 0.29) is 36.5 Å². The number of hydrogen-bond acceptors (Lipinski definition) is 5. The molecular formula is C18H16Cl2FN5O. The number of fused-ring (bicyclic) bond motifs is 1. The van der Waals surface area contributed by atoms with Gasteiger partial charge in [-0.2, -0.15) is 4.98 Å². The van der Waals surface area contributed by atoms with Crippen molar-refractivity contribution >= 4 is 54.4 Å². The molecule has 2 aromatic heterocycles.